The third-order valence-electron chi connectivity index (χ3n) is 3.37. The van der Waals surface area contributed by atoms with E-state index in [1.54, 1.807) is 6.20 Å². The molecule has 0 radical (unpaired) electrons. The lowest BCUT2D eigenvalue weighted by molar-refractivity contribution is 1.05. The summed E-state index contributed by atoms with van der Waals surface area (Å²) in [5, 5.41) is 1.18. The van der Waals surface area contributed by atoms with Crippen LogP contribution in [0.1, 0.15) is 45.9 Å². The molecule has 1 N–H and O–H groups in total. The highest BCUT2D eigenvalue weighted by molar-refractivity contribution is 5.75. The molecule has 0 amide bonds. The molecule has 0 aromatic carbocycles. The average molecular weight is 338 g/mol. The molecule has 0 saturated heterocycles. The van der Waals surface area contributed by atoms with E-state index in [0.717, 1.165) is 23.4 Å². The molecule has 0 aliphatic rings. The number of fused-ring (bicyclic) bond motifs is 2. The Morgan fingerprint density at radius 3 is 2.48 bits per heavy atom. The van der Waals surface area contributed by atoms with Gasteiger partial charge in [-0.2, -0.15) is 0 Å². The van der Waals surface area contributed by atoms with E-state index in [-0.39, 0.29) is 0 Å². The number of nitrogens with zero attached hydrogens (tertiary/aromatic N) is 3. The van der Waals surface area contributed by atoms with Gasteiger partial charge in [-0.05, 0) is 43.2 Å². The number of nitrogens with one attached hydrogen (secondary N) is 1. The van der Waals surface area contributed by atoms with Crippen molar-refractivity contribution in [1.82, 2.24) is 19.4 Å². The van der Waals surface area contributed by atoms with Crippen LogP contribution in [0.15, 0.2) is 55.1 Å². The maximum Gasteiger partial charge on any atom is 0.137 e. The quantitative estimate of drug-likeness (QED) is 0.475. The van der Waals surface area contributed by atoms with Crippen molar-refractivity contribution in [2.75, 3.05) is 0 Å². The molecule has 4 rings (SSSR count). The Labute approximate surface area is 151 Å². The predicted molar refractivity (Wildman–Crippen MR) is 108 cm³/mol. The van der Waals surface area contributed by atoms with Crippen LogP contribution in [0.2, 0.25) is 0 Å². The Morgan fingerprint density at radius 1 is 1.00 bits per heavy atom. The summed E-state index contributed by atoms with van der Waals surface area (Å²) in [6.07, 6.45) is 8.71. The van der Waals surface area contributed by atoms with Crippen molar-refractivity contribution in [2.45, 2.75) is 48.0 Å². The van der Waals surface area contributed by atoms with Gasteiger partial charge in [0.15, 0.2) is 0 Å². The number of H-pyrrole nitrogens is 1. The molecule has 4 heteroatoms. The number of pyridine rings is 2. The maximum absolute atomic E-state index is 4.40. The molecular formula is C21H30N4. The smallest absolute Gasteiger partial charge is 0.137 e. The molecule has 4 aromatic rings. The van der Waals surface area contributed by atoms with Crippen molar-refractivity contribution in [3.8, 4) is 0 Å². The van der Waals surface area contributed by atoms with Gasteiger partial charge < -0.3 is 9.38 Å². The van der Waals surface area contributed by atoms with E-state index >= 15 is 0 Å². The Kier molecular flexibility index (Phi) is 9.01. The molecule has 0 fully saturated rings. The number of rotatable bonds is 1. The van der Waals surface area contributed by atoms with Gasteiger partial charge in [0, 0.05) is 35.9 Å². The van der Waals surface area contributed by atoms with Gasteiger partial charge in [-0.3, -0.25) is 0 Å². The van der Waals surface area contributed by atoms with E-state index in [2.05, 4.69) is 53.2 Å². The van der Waals surface area contributed by atoms with Gasteiger partial charge in [0.1, 0.15) is 11.3 Å². The Bertz CT molecular complexity index is 858. The highest BCUT2D eigenvalue weighted by Crippen LogP contribution is 2.09. The molecule has 4 aromatic heterocycles. The summed E-state index contributed by atoms with van der Waals surface area (Å²) >= 11 is 0. The van der Waals surface area contributed by atoms with Crippen molar-refractivity contribution < 1.29 is 0 Å². The molecule has 0 aliphatic carbocycles. The minimum Gasteiger partial charge on any atom is -0.346 e. The van der Waals surface area contributed by atoms with E-state index in [1.807, 2.05) is 56.6 Å². The molecule has 0 atom stereocenters. The second kappa shape index (κ2) is 11.0. The van der Waals surface area contributed by atoms with Crippen LogP contribution in [0, 0.1) is 6.92 Å². The van der Waals surface area contributed by atoms with Crippen LogP contribution in [0.3, 0.4) is 0 Å². The van der Waals surface area contributed by atoms with E-state index in [4.69, 9.17) is 0 Å². The zero-order valence-corrected chi connectivity index (χ0v) is 16.2. The van der Waals surface area contributed by atoms with Crippen LogP contribution < -0.4 is 0 Å². The summed E-state index contributed by atoms with van der Waals surface area (Å²) in [6, 6.07) is 10.3. The van der Waals surface area contributed by atoms with Crippen molar-refractivity contribution in [3.05, 3.63) is 66.4 Å². The van der Waals surface area contributed by atoms with Crippen molar-refractivity contribution in [3.63, 3.8) is 0 Å². The standard InChI is InChI=1S/C9H10N2.C8H8N2.2C2H6/c1-2-8-4-3-7-5-6-10-9(7)11-8;1-7-2-3-8-9-4-5-10(8)6-7;2*1-2/h3-6H,2H2,1H3,(H,10,11);2-6H,1H3;2*1-2H3. The first kappa shape index (κ1) is 20.4. The van der Waals surface area contributed by atoms with E-state index in [1.165, 1.54) is 10.9 Å². The van der Waals surface area contributed by atoms with E-state index < -0.39 is 0 Å². The highest BCUT2D eigenvalue weighted by atomic mass is 15.0. The van der Waals surface area contributed by atoms with Crippen molar-refractivity contribution in [2.24, 2.45) is 0 Å². The topological polar surface area (TPSA) is 46.0 Å². The van der Waals surface area contributed by atoms with Crippen LogP contribution in [-0.2, 0) is 6.42 Å². The molecule has 0 saturated carbocycles. The second-order valence-corrected chi connectivity index (χ2v) is 4.97. The van der Waals surface area contributed by atoms with E-state index in [9.17, 15) is 0 Å². The van der Waals surface area contributed by atoms with Gasteiger partial charge in [0.05, 0.1) is 0 Å². The predicted octanol–water partition coefficient (Wildman–Crippen LogP) is 5.82. The van der Waals surface area contributed by atoms with Crippen LogP contribution in [0.5, 0.6) is 0 Å². The molecule has 25 heavy (non-hydrogen) atoms. The number of aromatic nitrogens is 4. The molecule has 4 nitrogen and oxygen atoms in total. The second-order valence-electron chi connectivity index (χ2n) is 4.97. The third kappa shape index (κ3) is 5.75. The Balaban J connectivity index is 0.000000210. The van der Waals surface area contributed by atoms with Crippen LogP contribution in [-0.4, -0.2) is 19.4 Å². The van der Waals surface area contributed by atoms with E-state index in [0.29, 0.717) is 0 Å². The number of hydrogen-bond donors (Lipinski definition) is 1. The maximum atomic E-state index is 4.40. The molecule has 4 heterocycles. The first-order chi connectivity index (χ1) is 12.3. The van der Waals surface area contributed by atoms with Gasteiger partial charge in [-0.1, -0.05) is 40.7 Å². The van der Waals surface area contributed by atoms with Gasteiger partial charge in [-0.25, -0.2) is 9.97 Å². The first-order valence-electron chi connectivity index (χ1n) is 9.08. The average Bonchev–Trinajstić information content (AvgIpc) is 3.33. The number of aromatic amines is 1. The number of hydrogen-bond acceptors (Lipinski definition) is 2. The molecule has 0 unspecified atom stereocenters. The molecular weight excluding hydrogens is 308 g/mol. The summed E-state index contributed by atoms with van der Waals surface area (Å²) in [4.78, 5) is 11.6. The normalized spacial score (nSPS) is 9.36. The van der Waals surface area contributed by atoms with Crippen molar-refractivity contribution in [1.29, 1.82) is 0 Å². The lowest BCUT2D eigenvalue weighted by atomic mass is 10.2. The largest absolute Gasteiger partial charge is 0.346 e. The van der Waals surface area contributed by atoms with Crippen molar-refractivity contribution >= 4 is 16.7 Å². The lowest BCUT2D eigenvalue weighted by Crippen LogP contribution is -1.85. The van der Waals surface area contributed by atoms with Gasteiger partial charge >= 0.3 is 0 Å². The molecule has 0 bridgehead atoms. The minimum absolute atomic E-state index is 0.990. The highest BCUT2D eigenvalue weighted by Gasteiger charge is 1.95. The minimum atomic E-state index is 0.990. The molecule has 134 valence electrons. The van der Waals surface area contributed by atoms with Crippen LogP contribution in [0.4, 0.5) is 0 Å². The van der Waals surface area contributed by atoms with Gasteiger partial charge in [-0.15, -0.1) is 0 Å². The van der Waals surface area contributed by atoms with Gasteiger partial charge in [0.25, 0.3) is 0 Å². The summed E-state index contributed by atoms with van der Waals surface area (Å²) in [7, 11) is 0. The number of imidazole rings is 1. The Hall–Kier alpha value is -2.62. The first-order valence-corrected chi connectivity index (χ1v) is 9.08. The Morgan fingerprint density at radius 2 is 1.76 bits per heavy atom. The number of aryl methyl sites for hydroxylation is 2. The molecule has 0 aliphatic heterocycles. The molecule has 0 spiro atoms. The third-order valence-corrected chi connectivity index (χ3v) is 3.37. The monoisotopic (exact) mass is 338 g/mol. The summed E-state index contributed by atoms with van der Waals surface area (Å²) < 4.78 is 2.01. The summed E-state index contributed by atoms with van der Waals surface area (Å²) in [5.41, 5.74) is 4.39. The summed E-state index contributed by atoms with van der Waals surface area (Å²) in [5.74, 6) is 0. The van der Waals surface area contributed by atoms with Crippen LogP contribution >= 0.6 is 0 Å². The zero-order chi connectivity index (χ0) is 18.7. The van der Waals surface area contributed by atoms with Crippen LogP contribution in [0.25, 0.3) is 16.7 Å². The zero-order valence-electron chi connectivity index (χ0n) is 16.2. The lowest BCUT2D eigenvalue weighted by Gasteiger charge is -1.93. The van der Waals surface area contributed by atoms with Gasteiger partial charge in [0.2, 0.25) is 0 Å². The summed E-state index contributed by atoms with van der Waals surface area (Å²) in [6.45, 7) is 12.2. The fourth-order valence-corrected chi connectivity index (χ4v) is 2.20. The fraction of sp³-hybridized carbons (Fsp3) is 0.333. The fourth-order valence-electron chi connectivity index (χ4n) is 2.20. The SMILES string of the molecule is CC.CC.CCc1ccc2cc[nH]c2n1.Cc1ccc2nccn2c1.